The average molecular weight is 407 g/mol. The highest BCUT2D eigenvalue weighted by molar-refractivity contribution is 9.10. The van der Waals surface area contributed by atoms with E-state index in [0.717, 1.165) is 10.0 Å². The molecule has 25 heavy (non-hydrogen) atoms. The van der Waals surface area contributed by atoms with Gasteiger partial charge in [0.25, 0.3) is 5.91 Å². The fourth-order valence-electron chi connectivity index (χ4n) is 2.12. The van der Waals surface area contributed by atoms with Crippen LogP contribution in [0.4, 0.5) is 0 Å². The molecule has 0 aliphatic rings. The predicted octanol–water partition coefficient (Wildman–Crippen LogP) is 3.63. The maximum atomic E-state index is 12.3. The summed E-state index contributed by atoms with van der Waals surface area (Å²) in [7, 11) is 3.08. The lowest BCUT2D eigenvalue weighted by Crippen LogP contribution is -2.18. The SMILES string of the molecule is CCOc1ccc(C=NNC(=O)c2cc(Br)ccc2OC)cc1OC. The third-order valence-electron chi connectivity index (χ3n) is 3.27. The molecular formula is C18H19BrN2O4. The van der Waals surface area contributed by atoms with Gasteiger partial charge in [-0.1, -0.05) is 15.9 Å². The molecule has 7 heteroatoms. The molecule has 1 N–H and O–H groups in total. The molecule has 0 spiro atoms. The lowest BCUT2D eigenvalue weighted by Gasteiger charge is -2.09. The molecule has 0 aromatic heterocycles. The first-order valence-electron chi connectivity index (χ1n) is 7.56. The van der Waals surface area contributed by atoms with Crippen molar-refractivity contribution in [1.82, 2.24) is 5.43 Å². The maximum absolute atomic E-state index is 12.3. The van der Waals surface area contributed by atoms with Crippen molar-refractivity contribution < 1.29 is 19.0 Å². The number of amides is 1. The molecule has 132 valence electrons. The molecule has 2 aromatic carbocycles. The van der Waals surface area contributed by atoms with E-state index in [0.29, 0.717) is 29.4 Å². The Hall–Kier alpha value is -2.54. The van der Waals surface area contributed by atoms with E-state index in [1.165, 1.54) is 13.3 Å². The standard InChI is InChI=1S/C18H19BrN2O4/c1-4-25-16-7-5-12(9-17(16)24-3)11-20-21-18(22)14-10-13(19)6-8-15(14)23-2/h5-11H,4H2,1-3H3,(H,21,22). The molecule has 0 saturated carbocycles. The van der Waals surface area contributed by atoms with E-state index in [-0.39, 0.29) is 5.91 Å². The molecular weight excluding hydrogens is 388 g/mol. The van der Waals surface area contributed by atoms with Crippen molar-refractivity contribution in [3.8, 4) is 17.2 Å². The Morgan fingerprint density at radius 2 is 1.84 bits per heavy atom. The molecule has 0 fully saturated rings. The number of carbonyl (C=O) groups excluding carboxylic acids is 1. The minimum absolute atomic E-state index is 0.368. The molecule has 0 bridgehead atoms. The molecule has 0 unspecified atom stereocenters. The zero-order valence-corrected chi connectivity index (χ0v) is 15.8. The summed E-state index contributed by atoms with van der Waals surface area (Å²) in [6, 6.07) is 10.6. The van der Waals surface area contributed by atoms with Crippen molar-refractivity contribution in [2.75, 3.05) is 20.8 Å². The number of hydrazone groups is 1. The first kappa shape index (κ1) is 18.8. The van der Waals surface area contributed by atoms with Crippen LogP contribution in [0.5, 0.6) is 17.2 Å². The van der Waals surface area contributed by atoms with Crippen LogP contribution in [0.2, 0.25) is 0 Å². The number of rotatable bonds is 7. The number of nitrogens with one attached hydrogen (secondary N) is 1. The summed E-state index contributed by atoms with van der Waals surface area (Å²) in [5.41, 5.74) is 3.64. The van der Waals surface area contributed by atoms with Crippen molar-refractivity contribution in [3.05, 3.63) is 52.0 Å². The van der Waals surface area contributed by atoms with Crippen LogP contribution in [0, 0.1) is 0 Å². The Morgan fingerprint density at radius 3 is 2.52 bits per heavy atom. The summed E-state index contributed by atoms with van der Waals surface area (Å²) in [6.45, 7) is 2.45. The first-order chi connectivity index (χ1) is 12.1. The number of nitrogens with zero attached hydrogens (tertiary/aromatic N) is 1. The van der Waals surface area contributed by atoms with Crippen molar-refractivity contribution in [2.45, 2.75) is 6.92 Å². The Labute approximate surface area is 154 Å². The normalized spacial score (nSPS) is 10.6. The summed E-state index contributed by atoms with van der Waals surface area (Å²) in [4.78, 5) is 12.3. The highest BCUT2D eigenvalue weighted by Gasteiger charge is 2.12. The van der Waals surface area contributed by atoms with E-state index < -0.39 is 0 Å². The number of carbonyl (C=O) groups is 1. The Kier molecular flexibility index (Phi) is 6.82. The highest BCUT2D eigenvalue weighted by Crippen LogP contribution is 2.27. The number of benzene rings is 2. The number of ether oxygens (including phenoxy) is 3. The highest BCUT2D eigenvalue weighted by atomic mass is 79.9. The van der Waals surface area contributed by atoms with Gasteiger partial charge in [0.1, 0.15) is 5.75 Å². The van der Waals surface area contributed by atoms with Gasteiger partial charge in [0.2, 0.25) is 0 Å². The van der Waals surface area contributed by atoms with E-state index in [4.69, 9.17) is 14.2 Å². The Balaban J connectivity index is 2.10. The third-order valence-corrected chi connectivity index (χ3v) is 3.77. The van der Waals surface area contributed by atoms with Crippen LogP contribution in [0.3, 0.4) is 0 Å². The van der Waals surface area contributed by atoms with E-state index >= 15 is 0 Å². The molecule has 0 radical (unpaired) electrons. The van der Waals surface area contributed by atoms with Gasteiger partial charge in [0, 0.05) is 4.47 Å². The van der Waals surface area contributed by atoms with Crippen molar-refractivity contribution in [1.29, 1.82) is 0 Å². The quantitative estimate of drug-likeness (QED) is 0.562. The van der Waals surface area contributed by atoms with E-state index in [2.05, 4.69) is 26.5 Å². The summed E-state index contributed by atoms with van der Waals surface area (Å²) in [6.07, 6.45) is 1.53. The lowest BCUT2D eigenvalue weighted by atomic mass is 10.2. The molecule has 0 heterocycles. The second-order valence-electron chi connectivity index (χ2n) is 4.89. The van der Waals surface area contributed by atoms with Gasteiger partial charge >= 0.3 is 0 Å². The van der Waals surface area contributed by atoms with E-state index in [9.17, 15) is 4.79 Å². The topological polar surface area (TPSA) is 69.2 Å². The van der Waals surface area contributed by atoms with E-state index in [1.807, 2.05) is 13.0 Å². The second-order valence-corrected chi connectivity index (χ2v) is 5.80. The monoisotopic (exact) mass is 406 g/mol. The van der Waals surface area contributed by atoms with Gasteiger partial charge in [0.05, 0.1) is 32.6 Å². The third kappa shape index (κ3) is 4.96. The fourth-order valence-corrected chi connectivity index (χ4v) is 2.48. The van der Waals surface area contributed by atoms with Crippen LogP contribution in [0.1, 0.15) is 22.8 Å². The predicted molar refractivity (Wildman–Crippen MR) is 99.9 cm³/mol. The van der Waals surface area contributed by atoms with Crippen LogP contribution < -0.4 is 19.6 Å². The van der Waals surface area contributed by atoms with Gasteiger partial charge < -0.3 is 14.2 Å². The smallest absolute Gasteiger partial charge is 0.275 e. The van der Waals surface area contributed by atoms with Crippen LogP contribution in [0.25, 0.3) is 0 Å². The number of hydrogen-bond acceptors (Lipinski definition) is 5. The number of methoxy groups -OCH3 is 2. The summed E-state index contributed by atoms with van der Waals surface area (Å²) in [5, 5.41) is 3.98. The summed E-state index contributed by atoms with van der Waals surface area (Å²) < 4.78 is 16.7. The van der Waals surface area contributed by atoms with Crippen LogP contribution in [-0.2, 0) is 0 Å². The Morgan fingerprint density at radius 1 is 1.12 bits per heavy atom. The second kappa shape index (κ2) is 9.08. The van der Waals surface area contributed by atoms with Gasteiger partial charge in [-0.25, -0.2) is 5.43 Å². The average Bonchev–Trinajstić information content (AvgIpc) is 2.62. The minimum atomic E-state index is -0.368. The van der Waals surface area contributed by atoms with Gasteiger partial charge in [-0.2, -0.15) is 5.10 Å². The zero-order chi connectivity index (χ0) is 18.2. The van der Waals surface area contributed by atoms with E-state index in [1.54, 1.807) is 37.4 Å². The number of halogens is 1. The van der Waals surface area contributed by atoms with Crippen molar-refractivity contribution in [2.24, 2.45) is 5.10 Å². The molecule has 0 saturated heterocycles. The van der Waals surface area contributed by atoms with Crippen LogP contribution in [0.15, 0.2) is 46.0 Å². The maximum Gasteiger partial charge on any atom is 0.275 e. The minimum Gasteiger partial charge on any atom is -0.496 e. The molecule has 0 aliphatic carbocycles. The van der Waals surface area contributed by atoms with Gasteiger partial charge in [-0.05, 0) is 48.9 Å². The molecule has 0 aliphatic heterocycles. The molecule has 2 rings (SSSR count). The van der Waals surface area contributed by atoms with Gasteiger partial charge in [-0.15, -0.1) is 0 Å². The van der Waals surface area contributed by atoms with Crippen LogP contribution >= 0.6 is 15.9 Å². The zero-order valence-electron chi connectivity index (χ0n) is 14.2. The molecule has 6 nitrogen and oxygen atoms in total. The number of hydrogen-bond donors (Lipinski definition) is 1. The van der Waals surface area contributed by atoms with Gasteiger partial charge in [-0.3, -0.25) is 4.79 Å². The first-order valence-corrected chi connectivity index (χ1v) is 8.36. The summed E-state index contributed by atoms with van der Waals surface area (Å²) >= 11 is 3.33. The van der Waals surface area contributed by atoms with Gasteiger partial charge in [0.15, 0.2) is 11.5 Å². The molecule has 2 aromatic rings. The molecule has 1 amide bonds. The lowest BCUT2D eigenvalue weighted by molar-refractivity contribution is 0.0952. The van der Waals surface area contributed by atoms with Crippen LogP contribution in [-0.4, -0.2) is 32.9 Å². The Bertz CT molecular complexity index is 778. The van der Waals surface area contributed by atoms with Crippen molar-refractivity contribution in [3.63, 3.8) is 0 Å². The summed E-state index contributed by atoms with van der Waals surface area (Å²) in [5.74, 6) is 1.36. The largest absolute Gasteiger partial charge is 0.496 e. The van der Waals surface area contributed by atoms with Crippen molar-refractivity contribution >= 4 is 28.1 Å². The molecule has 0 atom stereocenters. The fraction of sp³-hybridized carbons (Fsp3) is 0.222.